The molecule has 1 spiro atoms. The van der Waals surface area contributed by atoms with Gasteiger partial charge in [-0.1, -0.05) is 48.0 Å². The van der Waals surface area contributed by atoms with Crippen LogP contribution < -0.4 is 4.90 Å². The maximum absolute atomic E-state index is 13.3. The normalized spacial score (nSPS) is 24.7. The van der Waals surface area contributed by atoms with Crippen molar-refractivity contribution in [2.75, 3.05) is 11.5 Å². The number of rotatable bonds is 2. The van der Waals surface area contributed by atoms with E-state index in [2.05, 4.69) is 0 Å². The van der Waals surface area contributed by atoms with Crippen molar-refractivity contribution in [3.8, 4) is 0 Å². The van der Waals surface area contributed by atoms with Gasteiger partial charge in [0.25, 0.3) is 11.8 Å². The Morgan fingerprint density at radius 3 is 2.38 bits per heavy atom. The average Bonchev–Trinajstić information content (AvgIpc) is 2.86. The fraction of sp³-hybridized carbons (Fsp3) is 0.273. The first-order valence-corrected chi connectivity index (χ1v) is 8.98. The van der Waals surface area contributed by atoms with Gasteiger partial charge in [0.15, 0.2) is 5.60 Å². The molecule has 0 bridgehead atoms. The largest absolute Gasteiger partial charge is 0.360 e. The van der Waals surface area contributed by atoms with Gasteiger partial charge in [0, 0.05) is 6.61 Å². The van der Waals surface area contributed by atoms with Gasteiger partial charge in [-0.3, -0.25) is 9.59 Å². The molecular formula is C22H21NO3. The molecule has 2 aromatic carbocycles. The molecule has 1 unspecified atom stereocenters. The number of hydrogen-bond acceptors (Lipinski definition) is 3. The predicted octanol–water partition coefficient (Wildman–Crippen LogP) is 3.89. The summed E-state index contributed by atoms with van der Waals surface area (Å²) >= 11 is 0. The topological polar surface area (TPSA) is 46.6 Å². The Labute approximate surface area is 153 Å². The number of carbonyl (C=O) groups is 2. The molecule has 2 aliphatic heterocycles. The highest BCUT2D eigenvalue weighted by molar-refractivity contribution is 6.33. The number of amides is 2. The Hall–Kier alpha value is -2.72. The summed E-state index contributed by atoms with van der Waals surface area (Å²) in [5.41, 5.74) is 1.92. The molecule has 4 nitrogen and oxygen atoms in total. The zero-order valence-corrected chi connectivity index (χ0v) is 14.8. The third-order valence-corrected chi connectivity index (χ3v) is 5.09. The second kappa shape index (κ2) is 6.54. The van der Waals surface area contributed by atoms with Crippen LogP contribution in [0.5, 0.6) is 0 Å². The SMILES string of the molecule is Cc1ccc(/C=C2/C(=O)N(c3ccccc3)C(=O)C23CCCCO3)cc1. The Kier molecular flexibility index (Phi) is 4.21. The first-order valence-electron chi connectivity index (χ1n) is 8.98. The number of hydrogen-bond donors (Lipinski definition) is 0. The molecule has 2 aromatic rings. The molecule has 0 radical (unpaired) electrons. The molecule has 0 N–H and O–H groups in total. The Bertz CT molecular complexity index is 862. The molecule has 0 saturated carbocycles. The molecule has 2 heterocycles. The lowest BCUT2D eigenvalue weighted by Gasteiger charge is -2.32. The van der Waals surface area contributed by atoms with E-state index in [1.807, 2.05) is 55.5 Å². The van der Waals surface area contributed by atoms with Crippen molar-refractivity contribution in [1.82, 2.24) is 0 Å². The van der Waals surface area contributed by atoms with Crippen molar-refractivity contribution < 1.29 is 14.3 Å². The quantitative estimate of drug-likeness (QED) is 0.612. The molecule has 26 heavy (non-hydrogen) atoms. The summed E-state index contributed by atoms with van der Waals surface area (Å²) in [7, 11) is 0. The van der Waals surface area contributed by atoms with Gasteiger partial charge in [0.05, 0.1) is 11.3 Å². The van der Waals surface area contributed by atoms with Crippen LogP contribution >= 0.6 is 0 Å². The number of imide groups is 1. The van der Waals surface area contributed by atoms with Gasteiger partial charge in [-0.2, -0.15) is 0 Å². The second-order valence-corrected chi connectivity index (χ2v) is 6.88. The number of ether oxygens (including phenoxy) is 1. The average molecular weight is 347 g/mol. The van der Waals surface area contributed by atoms with Crippen LogP contribution in [0.3, 0.4) is 0 Å². The zero-order chi connectivity index (χ0) is 18.1. The van der Waals surface area contributed by atoms with E-state index in [0.29, 0.717) is 24.3 Å². The van der Waals surface area contributed by atoms with Gasteiger partial charge in [0.2, 0.25) is 0 Å². The molecule has 4 heteroatoms. The van der Waals surface area contributed by atoms with Crippen molar-refractivity contribution in [2.24, 2.45) is 0 Å². The predicted molar refractivity (Wildman–Crippen MR) is 101 cm³/mol. The molecular weight excluding hydrogens is 326 g/mol. The smallest absolute Gasteiger partial charge is 0.271 e. The number of anilines is 1. The van der Waals surface area contributed by atoms with Crippen LogP contribution in [0.4, 0.5) is 5.69 Å². The molecule has 0 aromatic heterocycles. The third-order valence-electron chi connectivity index (χ3n) is 5.09. The molecule has 0 aliphatic carbocycles. The standard InChI is InChI=1S/C22H21NO3/c1-16-9-11-17(12-10-16)15-19-20(24)23(18-7-3-2-4-8-18)21(25)22(19)13-5-6-14-26-22/h2-4,7-12,15H,5-6,13-14H2,1H3/b19-15-. The Morgan fingerprint density at radius 1 is 1.00 bits per heavy atom. The van der Waals surface area contributed by atoms with Gasteiger partial charge in [-0.25, -0.2) is 4.90 Å². The summed E-state index contributed by atoms with van der Waals surface area (Å²) in [4.78, 5) is 27.8. The van der Waals surface area contributed by atoms with E-state index in [9.17, 15) is 9.59 Å². The number of aryl methyl sites for hydroxylation is 1. The lowest BCUT2D eigenvalue weighted by atomic mass is 9.86. The Morgan fingerprint density at radius 2 is 1.73 bits per heavy atom. The van der Waals surface area contributed by atoms with E-state index in [-0.39, 0.29) is 11.8 Å². The maximum Gasteiger partial charge on any atom is 0.271 e. The van der Waals surface area contributed by atoms with Crippen LogP contribution in [0.2, 0.25) is 0 Å². The van der Waals surface area contributed by atoms with Gasteiger partial charge in [-0.15, -0.1) is 0 Å². The summed E-state index contributed by atoms with van der Waals surface area (Å²) in [6, 6.07) is 17.0. The van der Waals surface area contributed by atoms with Crippen molar-refractivity contribution in [3.05, 3.63) is 71.3 Å². The van der Waals surface area contributed by atoms with Gasteiger partial charge in [-0.05, 0) is 50.0 Å². The number of benzene rings is 2. The molecule has 2 amide bonds. The van der Waals surface area contributed by atoms with Gasteiger partial charge in [0.1, 0.15) is 0 Å². The summed E-state index contributed by atoms with van der Waals surface area (Å²) in [5, 5.41) is 0. The van der Waals surface area contributed by atoms with Crippen molar-refractivity contribution in [2.45, 2.75) is 31.8 Å². The van der Waals surface area contributed by atoms with Crippen molar-refractivity contribution in [3.63, 3.8) is 0 Å². The van der Waals surface area contributed by atoms with Crippen LogP contribution in [-0.2, 0) is 14.3 Å². The summed E-state index contributed by atoms with van der Waals surface area (Å²) < 4.78 is 5.99. The minimum atomic E-state index is -1.16. The first kappa shape index (κ1) is 16.7. The van der Waals surface area contributed by atoms with E-state index in [4.69, 9.17) is 4.74 Å². The fourth-order valence-corrected chi connectivity index (χ4v) is 3.68. The van der Waals surface area contributed by atoms with Crippen molar-refractivity contribution in [1.29, 1.82) is 0 Å². The van der Waals surface area contributed by atoms with Gasteiger partial charge < -0.3 is 4.74 Å². The minimum absolute atomic E-state index is 0.272. The number of carbonyl (C=O) groups excluding carboxylic acids is 2. The fourth-order valence-electron chi connectivity index (χ4n) is 3.68. The highest BCUT2D eigenvalue weighted by atomic mass is 16.5. The van der Waals surface area contributed by atoms with Crippen LogP contribution in [0, 0.1) is 6.92 Å². The molecule has 2 saturated heterocycles. The van der Waals surface area contributed by atoms with E-state index in [0.717, 1.165) is 24.0 Å². The summed E-state index contributed by atoms with van der Waals surface area (Å²) in [5.74, 6) is -0.560. The Balaban J connectivity index is 1.83. The minimum Gasteiger partial charge on any atom is -0.360 e. The maximum atomic E-state index is 13.3. The molecule has 1 atom stereocenters. The second-order valence-electron chi connectivity index (χ2n) is 6.88. The monoisotopic (exact) mass is 347 g/mol. The molecule has 4 rings (SSSR count). The number of nitrogens with zero attached hydrogens (tertiary/aromatic N) is 1. The highest BCUT2D eigenvalue weighted by Gasteiger charge is 2.57. The van der Waals surface area contributed by atoms with E-state index in [1.165, 1.54) is 4.90 Å². The van der Waals surface area contributed by atoms with E-state index >= 15 is 0 Å². The molecule has 132 valence electrons. The van der Waals surface area contributed by atoms with E-state index in [1.54, 1.807) is 12.1 Å². The van der Waals surface area contributed by atoms with Crippen LogP contribution in [0.15, 0.2) is 60.2 Å². The van der Waals surface area contributed by atoms with Crippen LogP contribution in [0.25, 0.3) is 6.08 Å². The van der Waals surface area contributed by atoms with Crippen LogP contribution in [-0.4, -0.2) is 24.0 Å². The summed E-state index contributed by atoms with van der Waals surface area (Å²) in [6.07, 6.45) is 4.13. The first-order chi connectivity index (χ1) is 12.6. The summed E-state index contributed by atoms with van der Waals surface area (Å²) in [6.45, 7) is 2.51. The van der Waals surface area contributed by atoms with Crippen LogP contribution in [0.1, 0.15) is 30.4 Å². The zero-order valence-electron chi connectivity index (χ0n) is 14.8. The number of para-hydroxylation sites is 1. The third kappa shape index (κ3) is 2.67. The lowest BCUT2D eigenvalue weighted by Crippen LogP contribution is -2.45. The van der Waals surface area contributed by atoms with Crippen molar-refractivity contribution >= 4 is 23.6 Å². The highest BCUT2D eigenvalue weighted by Crippen LogP contribution is 2.42. The lowest BCUT2D eigenvalue weighted by molar-refractivity contribution is -0.140. The molecule has 2 aliphatic rings. The molecule has 2 fully saturated rings. The van der Waals surface area contributed by atoms with E-state index < -0.39 is 5.60 Å². The van der Waals surface area contributed by atoms with Gasteiger partial charge >= 0.3 is 0 Å².